The molecule has 1 aromatic carbocycles. The van der Waals surface area contributed by atoms with E-state index in [0.717, 1.165) is 5.69 Å². The molecule has 0 spiro atoms. The molecule has 0 radical (unpaired) electrons. The summed E-state index contributed by atoms with van der Waals surface area (Å²) in [4.78, 5) is 0. The number of rotatable bonds is 1. The van der Waals surface area contributed by atoms with Crippen LogP contribution in [0.25, 0.3) is 0 Å². The van der Waals surface area contributed by atoms with E-state index < -0.39 is 0 Å². The molecular weight excluding hydrogens is 152 g/mol. The zero-order valence-electron chi connectivity index (χ0n) is 6.33. The van der Waals surface area contributed by atoms with Crippen molar-refractivity contribution in [3.05, 3.63) is 30.3 Å². The van der Waals surface area contributed by atoms with Gasteiger partial charge in [0.25, 0.3) is 0 Å². The van der Waals surface area contributed by atoms with Gasteiger partial charge in [-0.1, -0.05) is 18.2 Å². The second-order valence-electron chi connectivity index (χ2n) is 2.10. The molecule has 0 fully saturated rings. The minimum Gasteiger partial charge on any atom is -0.326 e. The molecule has 3 N–H and O–H groups in total. The van der Waals surface area contributed by atoms with Gasteiger partial charge in [0.2, 0.25) is 5.96 Å². The summed E-state index contributed by atoms with van der Waals surface area (Å²) in [7, 11) is 0. The lowest BCUT2D eigenvalue weighted by Gasteiger charge is -2.03. The lowest BCUT2D eigenvalue weighted by atomic mass is 10.3. The van der Waals surface area contributed by atoms with Crippen LogP contribution < -0.4 is 10.6 Å². The summed E-state index contributed by atoms with van der Waals surface area (Å²) in [5.41, 5.74) is 0.783. The Labute approximate surface area is 70.3 Å². The molecule has 1 aromatic rings. The summed E-state index contributed by atoms with van der Waals surface area (Å²) in [6.45, 7) is 0. The van der Waals surface area contributed by atoms with Gasteiger partial charge in [-0.15, -0.1) is 0 Å². The number of anilines is 1. The average Bonchev–Trinajstić information content (AvgIpc) is 2.06. The summed E-state index contributed by atoms with van der Waals surface area (Å²) < 4.78 is 0. The first kappa shape index (κ1) is 8.08. The zero-order chi connectivity index (χ0) is 8.81. The van der Waals surface area contributed by atoms with Crippen molar-refractivity contribution in [1.82, 2.24) is 5.32 Å². The Hall–Kier alpha value is -2.02. The molecular formula is C8H8N4. The van der Waals surface area contributed by atoms with Crippen LogP contribution in [0.4, 0.5) is 5.69 Å². The van der Waals surface area contributed by atoms with Crippen molar-refractivity contribution in [3.8, 4) is 6.19 Å². The van der Waals surface area contributed by atoms with E-state index in [1.807, 2.05) is 30.3 Å². The molecule has 0 saturated heterocycles. The molecule has 60 valence electrons. The molecule has 0 atom stereocenters. The second kappa shape index (κ2) is 3.98. The molecule has 12 heavy (non-hydrogen) atoms. The first-order valence-corrected chi connectivity index (χ1v) is 3.38. The fourth-order valence-electron chi connectivity index (χ4n) is 0.753. The van der Waals surface area contributed by atoms with Crippen molar-refractivity contribution in [1.29, 1.82) is 10.7 Å². The molecule has 0 heterocycles. The molecule has 0 amide bonds. The third kappa shape index (κ3) is 2.31. The van der Waals surface area contributed by atoms with Crippen LogP contribution in [-0.4, -0.2) is 5.96 Å². The van der Waals surface area contributed by atoms with Gasteiger partial charge in [-0.2, -0.15) is 5.26 Å². The predicted molar refractivity (Wildman–Crippen MR) is 46.5 cm³/mol. The normalized spacial score (nSPS) is 8.25. The Bertz CT molecular complexity index is 299. The van der Waals surface area contributed by atoms with E-state index in [1.54, 1.807) is 6.19 Å². The van der Waals surface area contributed by atoms with Crippen molar-refractivity contribution >= 4 is 11.6 Å². The highest BCUT2D eigenvalue weighted by molar-refractivity contribution is 5.91. The maximum absolute atomic E-state index is 8.17. The molecule has 0 saturated carbocycles. The number of benzene rings is 1. The van der Waals surface area contributed by atoms with Gasteiger partial charge in [0.1, 0.15) is 0 Å². The number of hydrogen-bond donors (Lipinski definition) is 3. The smallest absolute Gasteiger partial charge is 0.206 e. The lowest BCUT2D eigenvalue weighted by Crippen LogP contribution is -2.24. The van der Waals surface area contributed by atoms with Crippen LogP contribution in [0.1, 0.15) is 0 Å². The van der Waals surface area contributed by atoms with Gasteiger partial charge in [0.05, 0.1) is 0 Å². The SMILES string of the molecule is N#CNC(=N)Nc1ccccc1. The zero-order valence-corrected chi connectivity index (χ0v) is 6.33. The highest BCUT2D eigenvalue weighted by Gasteiger charge is 1.92. The van der Waals surface area contributed by atoms with Crippen LogP contribution in [0.15, 0.2) is 30.3 Å². The van der Waals surface area contributed by atoms with Gasteiger partial charge in [-0.3, -0.25) is 10.7 Å². The van der Waals surface area contributed by atoms with Crippen molar-refractivity contribution < 1.29 is 0 Å². The van der Waals surface area contributed by atoms with Gasteiger partial charge in [0.15, 0.2) is 6.19 Å². The van der Waals surface area contributed by atoms with Crippen molar-refractivity contribution in [3.63, 3.8) is 0 Å². The van der Waals surface area contributed by atoms with Gasteiger partial charge >= 0.3 is 0 Å². The Morgan fingerprint density at radius 2 is 2.00 bits per heavy atom. The lowest BCUT2D eigenvalue weighted by molar-refractivity contribution is 1.21. The third-order valence-electron chi connectivity index (χ3n) is 1.22. The average molecular weight is 160 g/mol. The van der Waals surface area contributed by atoms with Crippen LogP contribution in [0.3, 0.4) is 0 Å². The summed E-state index contributed by atoms with van der Waals surface area (Å²) in [5.74, 6) is -0.0244. The van der Waals surface area contributed by atoms with E-state index in [1.165, 1.54) is 0 Å². The van der Waals surface area contributed by atoms with Crippen LogP contribution in [-0.2, 0) is 0 Å². The highest BCUT2D eigenvalue weighted by atomic mass is 15.1. The van der Waals surface area contributed by atoms with Crippen molar-refractivity contribution in [2.24, 2.45) is 0 Å². The fraction of sp³-hybridized carbons (Fsp3) is 0. The van der Waals surface area contributed by atoms with Crippen LogP contribution in [0, 0.1) is 16.9 Å². The summed E-state index contributed by atoms with van der Waals surface area (Å²) in [6, 6.07) is 9.21. The standard InChI is InChI=1S/C8H8N4/c9-6-11-8(10)12-7-4-2-1-3-5-7/h1-5H,(H3,10,11,12). The monoisotopic (exact) mass is 160 g/mol. The topological polar surface area (TPSA) is 71.7 Å². The summed E-state index contributed by atoms with van der Waals surface area (Å²) in [5, 5.41) is 20.2. The van der Waals surface area contributed by atoms with E-state index in [9.17, 15) is 0 Å². The summed E-state index contributed by atoms with van der Waals surface area (Å²) in [6.07, 6.45) is 1.65. The molecule has 0 aliphatic heterocycles. The number of nitrogens with zero attached hydrogens (tertiary/aromatic N) is 1. The Morgan fingerprint density at radius 1 is 1.33 bits per heavy atom. The molecule has 0 bridgehead atoms. The Morgan fingerprint density at radius 3 is 2.58 bits per heavy atom. The van der Waals surface area contributed by atoms with Crippen molar-refractivity contribution in [2.45, 2.75) is 0 Å². The highest BCUT2D eigenvalue weighted by Crippen LogP contribution is 2.03. The number of guanidine groups is 1. The molecule has 0 aromatic heterocycles. The van der Waals surface area contributed by atoms with Crippen molar-refractivity contribution in [2.75, 3.05) is 5.32 Å². The number of para-hydroxylation sites is 1. The minimum absolute atomic E-state index is 0.0244. The molecule has 1 rings (SSSR count). The Kier molecular flexibility index (Phi) is 2.68. The third-order valence-corrected chi connectivity index (χ3v) is 1.22. The number of nitrogens with one attached hydrogen (secondary N) is 3. The first-order valence-electron chi connectivity index (χ1n) is 3.38. The molecule has 4 nitrogen and oxygen atoms in total. The van der Waals surface area contributed by atoms with E-state index in [4.69, 9.17) is 10.7 Å². The maximum atomic E-state index is 8.17. The van der Waals surface area contributed by atoms with E-state index in [2.05, 4.69) is 10.6 Å². The second-order valence-corrected chi connectivity index (χ2v) is 2.10. The molecule has 4 heteroatoms. The quantitative estimate of drug-likeness (QED) is 0.249. The largest absolute Gasteiger partial charge is 0.326 e. The fourth-order valence-corrected chi connectivity index (χ4v) is 0.753. The summed E-state index contributed by atoms with van der Waals surface area (Å²) >= 11 is 0. The van der Waals surface area contributed by atoms with Gasteiger partial charge in [-0.05, 0) is 12.1 Å². The van der Waals surface area contributed by atoms with Crippen LogP contribution in [0.2, 0.25) is 0 Å². The predicted octanol–water partition coefficient (Wildman–Crippen LogP) is 1.10. The number of hydrogen-bond acceptors (Lipinski definition) is 2. The van der Waals surface area contributed by atoms with E-state index in [0.29, 0.717) is 0 Å². The van der Waals surface area contributed by atoms with Crippen LogP contribution >= 0.6 is 0 Å². The molecule has 0 unspecified atom stereocenters. The van der Waals surface area contributed by atoms with Crippen LogP contribution in [0.5, 0.6) is 0 Å². The maximum Gasteiger partial charge on any atom is 0.206 e. The van der Waals surface area contributed by atoms with Gasteiger partial charge in [-0.25, -0.2) is 0 Å². The Balaban J connectivity index is 2.54. The van der Waals surface area contributed by atoms with E-state index in [-0.39, 0.29) is 5.96 Å². The van der Waals surface area contributed by atoms with E-state index >= 15 is 0 Å². The van der Waals surface area contributed by atoms with Gasteiger partial charge < -0.3 is 5.32 Å². The van der Waals surface area contributed by atoms with Gasteiger partial charge in [0, 0.05) is 5.69 Å². The minimum atomic E-state index is -0.0244. The molecule has 0 aliphatic rings. The number of nitriles is 1. The first-order chi connectivity index (χ1) is 5.83. The molecule has 0 aliphatic carbocycles.